The van der Waals surface area contributed by atoms with Gasteiger partial charge in [-0.3, -0.25) is 4.79 Å². The van der Waals surface area contributed by atoms with Gasteiger partial charge in [-0.2, -0.15) is 13.2 Å². The van der Waals surface area contributed by atoms with Gasteiger partial charge in [0.05, 0.1) is 17.6 Å². The summed E-state index contributed by atoms with van der Waals surface area (Å²) in [5, 5.41) is 19.8. The van der Waals surface area contributed by atoms with Gasteiger partial charge in [0, 0.05) is 6.42 Å². The Morgan fingerprint density at radius 1 is 1.20 bits per heavy atom. The van der Waals surface area contributed by atoms with Gasteiger partial charge in [-0.05, 0) is 50.9 Å². The number of esters is 1. The first-order chi connectivity index (χ1) is 13.7. The number of carbonyl (C=O) groups excluding carboxylic acids is 1. The molecule has 11 heteroatoms. The van der Waals surface area contributed by atoms with Crippen LogP contribution >= 0.6 is 0 Å². The topological polar surface area (TPSA) is 93.1 Å². The van der Waals surface area contributed by atoms with Gasteiger partial charge in [-0.1, -0.05) is 13.3 Å². The number of aliphatic hydroxyl groups is 1. The molecule has 174 valence electrons. The van der Waals surface area contributed by atoms with Gasteiger partial charge >= 0.3 is 23.9 Å². The monoisotopic (exact) mass is 446 g/mol. The molecule has 6 nitrogen and oxygen atoms in total. The zero-order valence-electron chi connectivity index (χ0n) is 16.8. The summed E-state index contributed by atoms with van der Waals surface area (Å²) in [6.07, 6.45) is -8.08. The van der Waals surface area contributed by atoms with Crippen LogP contribution in [-0.4, -0.2) is 52.7 Å². The summed E-state index contributed by atoms with van der Waals surface area (Å²) in [6.45, 7) is 2.07. The maximum absolute atomic E-state index is 13.7. The highest BCUT2D eigenvalue weighted by molar-refractivity contribution is 5.84. The van der Waals surface area contributed by atoms with Crippen LogP contribution in [0.5, 0.6) is 0 Å². The second kappa shape index (κ2) is 8.57. The molecule has 0 heterocycles. The van der Waals surface area contributed by atoms with E-state index in [1.807, 2.05) is 6.92 Å². The molecule has 2 fully saturated rings. The van der Waals surface area contributed by atoms with E-state index in [1.54, 1.807) is 0 Å². The van der Waals surface area contributed by atoms with Crippen molar-refractivity contribution in [2.45, 2.75) is 82.8 Å². The van der Waals surface area contributed by atoms with Crippen molar-refractivity contribution in [2.75, 3.05) is 6.61 Å². The number of aliphatic carboxylic acids is 1. The number of ether oxygens (including phenoxy) is 2. The Balaban J connectivity index is 2.37. The fourth-order valence-corrected chi connectivity index (χ4v) is 5.03. The molecule has 5 unspecified atom stereocenters. The first-order valence-corrected chi connectivity index (χ1v) is 9.84. The summed E-state index contributed by atoms with van der Waals surface area (Å²) >= 11 is 0. The quantitative estimate of drug-likeness (QED) is 0.334. The zero-order chi connectivity index (χ0) is 23.0. The number of hydrogen-bond acceptors (Lipinski definition) is 5. The number of carboxylic acid groups (broad SMARTS) is 1. The van der Waals surface area contributed by atoms with Crippen LogP contribution in [0.15, 0.2) is 0 Å². The van der Waals surface area contributed by atoms with Crippen molar-refractivity contribution in [3.63, 3.8) is 0 Å². The van der Waals surface area contributed by atoms with Crippen molar-refractivity contribution in [1.82, 2.24) is 0 Å². The Hall–Kier alpha value is -1.49. The molecule has 2 saturated carbocycles. The fraction of sp³-hybridized carbons (Fsp3) is 0.895. The van der Waals surface area contributed by atoms with E-state index in [0.717, 1.165) is 0 Å². The van der Waals surface area contributed by atoms with Gasteiger partial charge < -0.3 is 19.7 Å². The average molecular weight is 446 g/mol. The third-order valence-electron chi connectivity index (χ3n) is 6.02. The van der Waals surface area contributed by atoms with Crippen molar-refractivity contribution in [1.29, 1.82) is 0 Å². The molecule has 0 saturated heterocycles. The summed E-state index contributed by atoms with van der Waals surface area (Å²) in [6, 6.07) is 0. The van der Waals surface area contributed by atoms with Crippen LogP contribution in [0.4, 0.5) is 22.0 Å². The second-order valence-corrected chi connectivity index (χ2v) is 8.78. The highest BCUT2D eigenvalue weighted by atomic mass is 19.4. The van der Waals surface area contributed by atoms with Crippen molar-refractivity contribution in [3.8, 4) is 0 Å². The molecule has 0 aromatic heterocycles. The molecule has 2 bridgehead atoms. The Morgan fingerprint density at radius 2 is 1.83 bits per heavy atom. The highest BCUT2D eigenvalue weighted by Crippen LogP contribution is 2.56. The predicted octanol–water partition coefficient (Wildman–Crippen LogP) is 3.90. The summed E-state index contributed by atoms with van der Waals surface area (Å²) < 4.78 is 74.5. The molecule has 30 heavy (non-hydrogen) atoms. The van der Waals surface area contributed by atoms with Gasteiger partial charge in [0.15, 0.2) is 0 Å². The summed E-state index contributed by atoms with van der Waals surface area (Å²) in [4.78, 5) is 24.5. The van der Waals surface area contributed by atoms with E-state index in [-0.39, 0.29) is 31.1 Å². The Kier molecular flexibility index (Phi) is 7.07. The molecule has 0 aromatic carbocycles. The predicted molar refractivity (Wildman–Crippen MR) is 92.5 cm³/mol. The first-order valence-electron chi connectivity index (χ1n) is 9.84. The standard InChI is InChI=1S/C19H27F5O6/c1-3-11-6-12-7-16(2,28)10-17(8-11,9-12)15(27)30-18(14(25)26,19(22,23)24)29-5-4-13(20)21/h11-13,28H,3-10H2,1-2H3,(H,25,26). The maximum atomic E-state index is 13.7. The van der Waals surface area contributed by atoms with Gasteiger partial charge in [-0.25, -0.2) is 13.6 Å². The van der Waals surface area contributed by atoms with Crippen LogP contribution in [0.3, 0.4) is 0 Å². The van der Waals surface area contributed by atoms with Crippen molar-refractivity contribution >= 4 is 11.9 Å². The molecule has 0 spiro atoms. The van der Waals surface area contributed by atoms with Crippen molar-refractivity contribution in [3.05, 3.63) is 0 Å². The molecule has 2 rings (SSSR count). The summed E-state index contributed by atoms with van der Waals surface area (Å²) in [5.74, 6) is -8.63. The number of hydrogen-bond donors (Lipinski definition) is 2. The number of fused-ring (bicyclic) bond motifs is 2. The van der Waals surface area contributed by atoms with E-state index in [2.05, 4.69) is 9.47 Å². The van der Waals surface area contributed by atoms with E-state index in [4.69, 9.17) is 0 Å². The first kappa shape index (κ1) is 24.8. The van der Waals surface area contributed by atoms with Crippen LogP contribution in [0.1, 0.15) is 58.8 Å². The largest absolute Gasteiger partial charge is 0.476 e. The van der Waals surface area contributed by atoms with E-state index in [0.29, 0.717) is 19.3 Å². The van der Waals surface area contributed by atoms with Crippen LogP contribution < -0.4 is 0 Å². The average Bonchev–Trinajstić information content (AvgIpc) is 2.56. The van der Waals surface area contributed by atoms with E-state index in [9.17, 15) is 41.8 Å². The SMILES string of the molecule is CCC1CC2CC(C)(O)CC(C(=O)OC(OCCC(F)F)(C(=O)O)C(F)(F)F)(C1)C2. The molecule has 2 N–H and O–H groups in total. The third-order valence-corrected chi connectivity index (χ3v) is 6.02. The van der Waals surface area contributed by atoms with Crippen molar-refractivity contribution < 1.29 is 51.2 Å². The minimum atomic E-state index is -5.71. The Bertz CT molecular complexity index is 652. The highest BCUT2D eigenvalue weighted by Gasteiger charge is 2.69. The number of halogens is 5. The van der Waals surface area contributed by atoms with Gasteiger partial charge in [-0.15, -0.1) is 0 Å². The second-order valence-electron chi connectivity index (χ2n) is 8.78. The zero-order valence-corrected chi connectivity index (χ0v) is 16.8. The third kappa shape index (κ3) is 5.04. The normalized spacial score (nSPS) is 33.8. The molecule has 2 aliphatic rings. The van der Waals surface area contributed by atoms with Crippen molar-refractivity contribution in [2.24, 2.45) is 17.3 Å². The van der Waals surface area contributed by atoms with Gasteiger partial charge in [0.1, 0.15) is 0 Å². The molecular formula is C19H27F5O6. The Labute approximate surface area is 170 Å². The number of carbonyl (C=O) groups is 2. The molecule has 0 amide bonds. The molecular weight excluding hydrogens is 419 g/mol. The minimum Gasteiger partial charge on any atom is -0.476 e. The van der Waals surface area contributed by atoms with Gasteiger partial charge in [0.2, 0.25) is 6.43 Å². The lowest BCUT2D eigenvalue weighted by Crippen LogP contribution is -2.61. The van der Waals surface area contributed by atoms with E-state index in [1.165, 1.54) is 6.92 Å². The smallest absolute Gasteiger partial charge is 0.468 e. The van der Waals surface area contributed by atoms with E-state index >= 15 is 0 Å². The van der Waals surface area contributed by atoms with E-state index < -0.39 is 54.4 Å². The number of carboxylic acids is 1. The fourth-order valence-electron chi connectivity index (χ4n) is 5.03. The summed E-state index contributed by atoms with van der Waals surface area (Å²) in [5.41, 5.74) is -2.84. The van der Waals surface area contributed by atoms with Crippen LogP contribution in [0.25, 0.3) is 0 Å². The minimum absolute atomic E-state index is 0.00253. The lowest BCUT2D eigenvalue weighted by Gasteiger charge is -2.52. The van der Waals surface area contributed by atoms with Crippen LogP contribution in [0, 0.1) is 17.3 Å². The molecule has 5 atom stereocenters. The lowest BCUT2D eigenvalue weighted by molar-refractivity contribution is -0.358. The van der Waals surface area contributed by atoms with Crippen LogP contribution in [0.2, 0.25) is 0 Å². The number of rotatable bonds is 8. The molecule has 0 radical (unpaired) electrons. The molecule has 0 aromatic rings. The molecule has 2 aliphatic carbocycles. The van der Waals surface area contributed by atoms with Crippen LogP contribution in [-0.2, 0) is 19.1 Å². The summed E-state index contributed by atoms with van der Waals surface area (Å²) in [7, 11) is 0. The Morgan fingerprint density at radius 3 is 2.33 bits per heavy atom. The number of alkyl halides is 5. The lowest BCUT2D eigenvalue weighted by atomic mass is 9.55. The van der Waals surface area contributed by atoms with Gasteiger partial charge in [0.25, 0.3) is 0 Å². The maximum Gasteiger partial charge on any atom is 0.468 e. The molecule has 0 aliphatic heterocycles.